The molecule has 0 fully saturated rings. The van der Waals surface area contributed by atoms with Gasteiger partial charge in [-0.3, -0.25) is 0 Å². The molecule has 0 atom stereocenters. The fourth-order valence-electron chi connectivity index (χ4n) is 7.56. The lowest BCUT2D eigenvalue weighted by molar-refractivity contribution is 0.590. The molecule has 2 aliphatic rings. The minimum atomic E-state index is -0.459. The molecule has 1 aliphatic heterocycles. The van der Waals surface area contributed by atoms with Crippen LogP contribution in [0, 0.1) is 0 Å². The SMILES string of the molecule is CC(C)(C)c1ccc(-c2nnc(-c3ccccc3)c(-c3ccc4c(c3)C3(c5ccccc5Sc5ccccc53)c3ccccc3-4)n2)cc1. The quantitative estimate of drug-likeness (QED) is 0.194. The van der Waals surface area contributed by atoms with E-state index in [9.17, 15) is 0 Å². The maximum atomic E-state index is 5.30. The second-order valence-corrected chi connectivity index (χ2v) is 14.8. The Morgan fingerprint density at radius 3 is 1.75 bits per heavy atom. The second kappa shape index (κ2) is 10.9. The van der Waals surface area contributed by atoms with Gasteiger partial charge in [0.1, 0.15) is 11.4 Å². The molecule has 7 aromatic rings. The van der Waals surface area contributed by atoms with Gasteiger partial charge in [0.15, 0.2) is 5.82 Å². The standard InChI is InChI=1S/C44H33N3S/c1-43(2,3)31-24-21-29(22-25-31)42-45-40(41(46-47-42)28-13-5-4-6-14-28)30-23-26-33-32-15-7-8-16-34(32)44(37(33)27-30)35-17-9-11-19-38(35)48-39-20-12-10-18-36(39)44/h4-27H,1-3H3. The van der Waals surface area contributed by atoms with Crippen LogP contribution in [0.15, 0.2) is 155 Å². The first-order chi connectivity index (χ1) is 23.4. The van der Waals surface area contributed by atoms with Crippen LogP contribution in [0.25, 0.3) is 45.0 Å². The van der Waals surface area contributed by atoms with Gasteiger partial charge in [0, 0.05) is 26.5 Å². The number of nitrogens with zero attached hydrogens (tertiary/aromatic N) is 3. The number of hydrogen-bond acceptors (Lipinski definition) is 4. The Morgan fingerprint density at radius 1 is 0.479 bits per heavy atom. The summed E-state index contributed by atoms with van der Waals surface area (Å²) in [6, 6.07) is 52.5. The monoisotopic (exact) mass is 635 g/mol. The van der Waals surface area contributed by atoms with Gasteiger partial charge >= 0.3 is 0 Å². The molecule has 48 heavy (non-hydrogen) atoms. The lowest BCUT2D eigenvalue weighted by Gasteiger charge is -2.39. The van der Waals surface area contributed by atoms with Crippen LogP contribution in [-0.4, -0.2) is 15.2 Å². The maximum Gasteiger partial charge on any atom is 0.182 e. The molecular weight excluding hydrogens is 603 g/mol. The third kappa shape index (κ3) is 4.33. The lowest BCUT2D eigenvalue weighted by Crippen LogP contribution is -2.31. The summed E-state index contributed by atoms with van der Waals surface area (Å²) < 4.78 is 0. The summed E-state index contributed by atoms with van der Waals surface area (Å²) in [4.78, 5) is 7.88. The predicted octanol–water partition coefficient (Wildman–Crippen LogP) is 11.0. The van der Waals surface area contributed by atoms with Crippen LogP contribution >= 0.6 is 11.8 Å². The van der Waals surface area contributed by atoms with Crippen molar-refractivity contribution in [2.75, 3.05) is 0 Å². The van der Waals surface area contributed by atoms with E-state index < -0.39 is 5.41 Å². The fraction of sp³-hybridized carbons (Fsp3) is 0.114. The molecular formula is C44H33N3S. The van der Waals surface area contributed by atoms with E-state index in [4.69, 9.17) is 10.1 Å². The highest BCUT2D eigenvalue weighted by Gasteiger charge is 2.50. The zero-order valence-electron chi connectivity index (χ0n) is 27.1. The Morgan fingerprint density at radius 2 is 1.06 bits per heavy atom. The van der Waals surface area contributed by atoms with Crippen molar-refractivity contribution in [3.8, 4) is 45.0 Å². The second-order valence-electron chi connectivity index (χ2n) is 13.7. The van der Waals surface area contributed by atoms with Crippen molar-refractivity contribution in [3.05, 3.63) is 173 Å². The Kier molecular flexibility index (Phi) is 6.53. The first-order valence-electron chi connectivity index (χ1n) is 16.5. The largest absolute Gasteiger partial charge is 0.224 e. The molecule has 4 heteroatoms. The van der Waals surface area contributed by atoms with Gasteiger partial charge in [-0.1, -0.05) is 160 Å². The van der Waals surface area contributed by atoms with Gasteiger partial charge in [0.05, 0.1) is 5.41 Å². The average Bonchev–Trinajstić information content (AvgIpc) is 3.41. The molecule has 1 spiro atoms. The van der Waals surface area contributed by atoms with Crippen molar-refractivity contribution in [1.29, 1.82) is 0 Å². The van der Waals surface area contributed by atoms with Gasteiger partial charge in [0.2, 0.25) is 0 Å². The number of fused-ring (bicyclic) bond motifs is 9. The van der Waals surface area contributed by atoms with Crippen LogP contribution in [0.4, 0.5) is 0 Å². The highest BCUT2D eigenvalue weighted by molar-refractivity contribution is 7.99. The Bertz CT molecular complexity index is 2310. The molecule has 230 valence electrons. The fourth-order valence-corrected chi connectivity index (χ4v) is 8.75. The molecule has 6 aromatic carbocycles. The van der Waals surface area contributed by atoms with Crippen molar-refractivity contribution in [2.45, 2.75) is 41.4 Å². The Balaban J connectivity index is 1.31. The molecule has 0 amide bonds. The highest BCUT2D eigenvalue weighted by atomic mass is 32.2. The molecule has 3 nitrogen and oxygen atoms in total. The average molecular weight is 636 g/mol. The minimum absolute atomic E-state index is 0.0623. The predicted molar refractivity (Wildman–Crippen MR) is 196 cm³/mol. The summed E-state index contributed by atoms with van der Waals surface area (Å²) in [6.07, 6.45) is 0. The number of aromatic nitrogens is 3. The summed E-state index contributed by atoms with van der Waals surface area (Å²) in [6.45, 7) is 6.69. The first-order valence-corrected chi connectivity index (χ1v) is 17.3. The number of hydrogen-bond donors (Lipinski definition) is 0. The molecule has 0 bridgehead atoms. The normalized spacial score (nSPS) is 13.8. The first kappa shape index (κ1) is 28.9. The van der Waals surface area contributed by atoms with Gasteiger partial charge in [-0.05, 0) is 62.6 Å². The lowest BCUT2D eigenvalue weighted by atomic mass is 9.67. The minimum Gasteiger partial charge on any atom is -0.224 e. The van der Waals surface area contributed by atoms with Gasteiger partial charge in [0.25, 0.3) is 0 Å². The maximum absolute atomic E-state index is 5.30. The van der Waals surface area contributed by atoms with E-state index in [0.717, 1.165) is 28.1 Å². The number of rotatable bonds is 3. The number of benzene rings is 6. The summed E-state index contributed by atoms with van der Waals surface area (Å²) in [7, 11) is 0. The van der Waals surface area contributed by atoms with Crippen LogP contribution < -0.4 is 0 Å². The summed E-state index contributed by atoms with van der Waals surface area (Å²) >= 11 is 1.86. The van der Waals surface area contributed by atoms with Gasteiger partial charge in [-0.2, -0.15) is 0 Å². The van der Waals surface area contributed by atoms with Gasteiger partial charge in [-0.15, -0.1) is 10.2 Å². The van der Waals surface area contributed by atoms with Gasteiger partial charge < -0.3 is 0 Å². The van der Waals surface area contributed by atoms with Crippen LogP contribution in [0.2, 0.25) is 0 Å². The molecule has 0 unspecified atom stereocenters. The smallest absolute Gasteiger partial charge is 0.182 e. The van der Waals surface area contributed by atoms with E-state index in [-0.39, 0.29) is 5.41 Å². The zero-order chi connectivity index (χ0) is 32.5. The molecule has 0 saturated carbocycles. The highest BCUT2D eigenvalue weighted by Crippen LogP contribution is 2.62. The van der Waals surface area contributed by atoms with Crippen molar-refractivity contribution in [2.24, 2.45) is 0 Å². The molecule has 1 aliphatic carbocycles. The van der Waals surface area contributed by atoms with Crippen molar-refractivity contribution in [3.63, 3.8) is 0 Å². The van der Waals surface area contributed by atoms with Crippen LogP contribution in [0.5, 0.6) is 0 Å². The molecule has 0 saturated heterocycles. The van der Waals surface area contributed by atoms with E-state index in [0.29, 0.717) is 5.82 Å². The van der Waals surface area contributed by atoms with Crippen molar-refractivity contribution in [1.82, 2.24) is 15.2 Å². The van der Waals surface area contributed by atoms with Crippen molar-refractivity contribution < 1.29 is 0 Å². The topological polar surface area (TPSA) is 38.7 Å². The van der Waals surface area contributed by atoms with Crippen molar-refractivity contribution >= 4 is 11.8 Å². The Hall–Kier alpha value is -5.32. The zero-order valence-corrected chi connectivity index (χ0v) is 27.9. The third-order valence-corrected chi connectivity index (χ3v) is 11.0. The van der Waals surface area contributed by atoms with E-state index in [1.807, 2.05) is 30.0 Å². The van der Waals surface area contributed by atoms with E-state index >= 15 is 0 Å². The van der Waals surface area contributed by atoms with Gasteiger partial charge in [-0.25, -0.2) is 4.98 Å². The molecule has 1 aromatic heterocycles. The van der Waals surface area contributed by atoms with Crippen LogP contribution in [-0.2, 0) is 10.8 Å². The van der Waals surface area contributed by atoms with E-state index in [1.54, 1.807) is 0 Å². The molecule has 0 radical (unpaired) electrons. The molecule has 2 heterocycles. The summed E-state index contributed by atoms with van der Waals surface area (Å²) in [5.74, 6) is 0.619. The summed E-state index contributed by atoms with van der Waals surface area (Å²) in [5, 5.41) is 9.55. The summed E-state index contributed by atoms with van der Waals surface area (Å²) in [5.41, 5.74) is 13.2. The third-order valence-electron chi connectivity index (χ3n) is 9.86. The van der Waals surface area contributed by atoms with E-state index in [2.05, 4.69) is 153 Å². The molecule has 9 rings (SSSR count). The van der Waals surface area contributed by atoms with E-state index in [1.165, 1.54) is 48.7 Å². The van der Waals surface area contributed by atoms with Crippen LogP contribution in [0.1, 0.15) is 48.6 Å². The molecule has 0 N–H and O–H groups in total. The van der Waals surface area contributed by atoms with Crippen LogP contribution in [0.3, 0.4) is 0 Å². The Labute approximate surface area is 285 Å².